The molecule has 9 heteroatoms. The molecule has 0 spiro atoms. The molecule has 2 unspecified atom stereocenters. The van der Waals surface area contributed by atoms with Crippen LogP contribution in [0.3, 0.4) is 0 Å². The van der Waals surface area contributed by atoms with Crippen molar-refractivity contribution in [3.05, 3.63) is 71.8 Å². The Morgan fingerprint density at radius 1 is 0.886 bits per heavy atom. The Morgan fingerprint density at radius 2 is 1.34 bits per heavy atom. The van der Waals surface area contributed by atoms with Crippen molar-refractivity contribution in [3.63, 3.8) is 0 Å². The zero-order valence-electron chi connectivity index (χ0n) is 28.5. The van der Waals surface area contributed by atoms with Crippen LogP contribution in [0.4, 0.5) is 0 Å². The van der Waals surface area contributed by atoms with Gasteiger partial charge in [0, 0.05) is 18.3 Å². The Kier molecular flexibility index (Phi) is 33.7. The first-order valence-corrected chi connectivity index (χ1v) is 32.7. The van der Waals surface area contributed by atoms with E-state index >= 15 is 0 Å². The minimum atomic E-state index is -1.45. The summed E-state index contributed by atoms with van der Waals surface area (Å²) in [6.45, 7) is 24.3. The van der Waals surface area contributed by atoms with Crippen LogP contribution < -0.4 is 5.32 Å². The fraction of sp³-hybridized carbons (Fsp3) is 0.629. The van der Waals surface area contributed by atoms with E-state index in [1.54, 1.807) is 0 Å². The maximum atomic E-state index is 9.43. The summed E-state index contributed by atoms with van der Waals surface area (Å²) in [5.41, 5.74) is 2.50. The summed E-state index contributed by atoms with van der Waals surface area (Å²) in [5.74, 6) is 1.72. The van der Waals surface area contributed by atoms with E-state index in [0.29, 0.717) is 17.9 Å². The summed E-state index contributed by atoms with van der Waals surface area (Å²) in [6, 6.07) is 21.7. The first kappa shape index (κ1) is 49.4. The predicted octanol–water partition coefficient (Wildman–Crippen LogP) is 12.1. The normalized spacial score (nSPS) is 14.4. The van der Waals surface area contributed by atoms with Crippen molar-refractivity contribution in [2.75, 3.05) is 13.2 Å². The zero-order chi connectivity index (χ0) is 33.4. The minimum absolute atomic E-state index is 0. The molecule has 2 N–H and O–H groups in total. The van der Waals surface area contributed by atoms with Crippen LogP contribution in [0.15, 0.2) is 65.7 Å². The molecule has 0 aliphatic heterocycles. The van der Waals surface area contributed by atoms with E-state index in [9.17, 15) is 5.11 Å². The standard InChI is InChI=1S/C15H25NOSi.C15H23NO.2C2H6.CH4.3HI.V/c1-13(2)15(12-17-18(3,4)5)16-11-14-9-7-6-8-10-14;1-11(2)14(10-17)16-15(13-8-9-13)12-6-4-3-5-7-12;2*1-2;;;;;/h6-11,13,15H,12H2,1-5H3;3-7,11,13-17H,8-10H2,1-2H3;2*1-2H3;1H4;3*1H;/q;;;;;;;;+3/p-3/t;14-,15?;;;;;;;/m.1......./s1. The van der Waals surface area contributed by atoms with Crippen molar-refractivity contribution in [2.45, 2.75) is 113 Å². The number of hydrogen-bond donors (Lipinski definition) is 2. The second kappa shape index (κ2) is 30.1. The number of rotatable bonds is 12. The second-order valence-corrected chi connectivity index (χ2v) is 51.4. The van der Waals surface area contributed by atoms with E-state index in [1.165, 1.54) is 18.4 Å². The average molecular weight is 1000 g/mol. The Labute approximate surface area is 312 Å². The van der Waals surface area contributed by atoms with Crippen LogP contribution in [0.2, 0.25) is 19.6 Å². The van der Waals surface area contributed by atoms with Gasteiger partial charge in [-0.05, 0) is 61.4 Å². The van der Waals surface area contributed by atoms with Gasteiger partial charge in [0.2, 0.25) is 0 Å². The molecule has 44 heavy (non-hydrogen) atoms. The van der Waals surface area contributed by atoms with E-state index in [4.69, 9.17) is 4.43 Å². The van der Waals surface area contributed by atoms with Crippen molar-refractivity contribution in [1.29, 1.82) is 0 Å². The molecule has 2 aromatic carbocycles. The van der Waals surface area contributed by atoms with Crippen molar-refractivity contribution in [3.8, 4) is 0 Å². The Hall–Kier alpha value is 0.981. The quantitative estimate of drug-likeness (QED) is 0.127. The molecule has 1 saturated carbocycles. The van der Waals surface area contributed by atoms with Gasteiger partial charge in [-0.25, -0.2) is 0 Å². The monoisotopic (exact) mass is 1000 g/mol. The molecule has 0 aromatic heterocycles. The van der Waals surface area contributed by atoms with Crippen molar-refractivity contribution >= 4 is 74.5 Å². The summed E-state index contributed by atoms with van der Waals surface area (Å²) in [5, 5.41) is 13.1. The SMILES string of the molecule is C.CC.CC.CC(C)C(CO[Si](C)(C)C)N=Cc1ccccc1.CC(C)[C@@H](CO)NC(c1ccccc1)C1CC1.[I][V]([I])[I]. The molecule has 0 bridgehead atoms. The van der Waals surface area contributed by atoms with Gasteiger partial charge in [-0.2, -0.15) is 0 Å². The number of aliphatic imine (C=N–C) groups is 1. The number of halogens is 3. The molecule has 0 heterocycles. The molecular weight excluding hydrogens is 940 g/mol. The summed E-state index contributed by atoms with van der Waals surface area (Å²) in [6.07, 6.45) is 4.57. The molecule has 1 fully saturated rings. The van der Waals surface area contributed by atoms with Crippen LogP contribution in [-0.2, 0) is 9.35 Å². The van der Waals surface area contributed by atoms with E-state index < -0.39 is 8.32 Å². The Morgan fingerprint density at radius 3 is 1.70 bits per heavy atom. The Balaban J connectivity index is -0.000000607. The van der Waals surface area contributed by atoms with E-state index in [1.807, 2.05) is 52.1 Å². The molecule has 0 saturated heterocycles. The molecule has 256 valence electrons. The van der Waals surface area contributed by atoms with Gasteiger partial charge >= 0.3 is 64.9 Å². The summed E-state index contributed by atoms with van der Waals surface area (Å²) < 4.78 is 5.97. The van der Waals surface area contributed by atoms with Gasteiger partial charge in [0.25, 0.3) is 0 Å². The summed E-state index contributed by atoms with van der Waals surface area (Å²) >= 11 is 7.39. The number of hydrogen-bond acceptors (Lipinski definition) is 4. The average Bonchev–Trinajstić information content (AvgIpc) is 3.81. The Bertz CT molecular complexity index is 910. The number of aliphatic hydroxyl groups is 1. The fourth-order valence-electron chi connectivity index (χ4n) is 3.74. The van der Waals surface area contributed by atoms with Crippen molar-refractivity contribution < 1.29 is 14.5 Å². The first-order valence-electron chi connectivity index (χ1n) is 15.8. The van der Waals surface area contributed by atoms with Crippen molar-refractivity contribution in [1.82, 2.24) is 5.32 Å². The van der Waals surface area contributed by atoms with Crippen LogP contribution >= 0.6 is 59.9 Å². The molecule has 1 aliphatic carbocycles. The van der Waals surface area contributed by atoms with Gasteiger partial charge in [-0.3, -0.25) is 4.99 Å². The first-order chi connectivity index (χ1) is 20.3. The van der Waals surface area contributed by atoms with Crippen molar-refractivity contribution in [2.24, 2.45) is 22.7 Å². The molecule has 3 atom stereocenters. The molecule has 0 amide bonds. The molecule has 4 nitrogen and oxygen atoms in total. The molecule has 3 rings (SSSR count). The van der Waals surface area contributed by atoms with E-state index in [0.717, 1.165) is 18.1 Å². The van der Waals surface area contributed by atoms with E-state index in [-0.39, 0.29) is 31.0 Å². The van der Waals surface area contributed by atoms with Gasteiger partial charge in [-0.15, -0.1) is 0 Å². The van der Waals surface area contributed by atoms with Gasteiger partial charge in [-0.1, -0.05) is 123 Å². The summed E-state index contributed by atoms with van der Waals surface area (Å²) in [4.78, 5) is 4.39. The number of aliphatic hydroxyl groups excluding tert-OH is 1. The number of benzene rings is 2. The van der Waals surface area contributed by atoms with Crippen LogP contribution in [0.5, 0.6) is 0 Å². The van der Waals surface area contributed by atoms with Crippen LogP contribution in [-0.4, -0.2) is 44.9 Å². The third-order valence-corrected chi connectivity index (χ3v) is 7.35. The third kappa shape index (κ3) is 27.0. The van der Waals surface area contributed by atoms with Gasteiger partial charge in [0.05, 0.1) is 19.3 Å². The fourth-order valence-corrected chi connectivity index (χ4v) is 4.42. The molecule has 1 aliphatic rings. The van der Waals surface area contributed by atoms with Crippen LogP contribution in [0.1, 0.15) is 92.8 Å². The zero-order valence-corrected chi connectivity index (χ0v) is 37.4. The molecule has 0 radical (unpaired) electrons. The maximum absolute atomic E-state index is 9.43. The topological polar surface area (TPSA) is 53.9 Å². The predicted molar refractivity (Wildman–Crippen MR) is 224 cm³/mol. The van der Waals surface area contributed by atoms with Crippen LogP contribution in [0, 0.1) is 17.8 Å². The number of nitrogens with zero attached hydrogens (tertiary/aromatic N) is 1. The number of nitrogens with one attached hydrogen (secondary N) is 1. The van der Waals surface area contributed by atoms with Gasteiger partial charge in [0.1, 0.15) is 0 Å². The van der Waals surface area contributed by atoms with Gasteiger partial charge < -0.3 is 14.8 Å². The molecular formula is C35H64I3N2O2SiV. The third-order valence-electron chi connectivity index (χ3n) is 6.32. The van der Waals surface area contributed by atoms with Gasteiger partial charge in [0.15, 0.2) is 8.32 Å². The summed E-state index contributed by atoms with van der Waals surface area (Å²) in [7, 11) is -1.45. The second-order valence-electron chi connectivity index (χ2n) is 11.5. The van der Waals surface area contributed by atoms with Crippen LogP contribution in [0.25, 0.3) is 0 Å². The molecule has 2 aromatic rings. The van der Waals surface area contributed by atoms with E-state index in [2.05, 4.69) is 160 Å².